The van der Waals surface area contributed by atoms with Crippen molar-refractivity contribution in [2.45, 2.75) is 49.6 Å². The number of nitrogens with zero attached hydrogens (tertiary/aromatic N) is 1. The minimum Gasteiger partial charge on any atom is -0.463 e. The van der Waals surface area contributed by atoms with Crippen LogP contribution in [0.5, 0.6) is 11.5 Å². The summed E-state index contributed by atoms with van der Waals surface area (Å²) in [5, 5.41) is 0. The highest BCUT2D eigenvalue weighted by atomic mass is 32.2. The lowest BCUT2D eigenvalue weighted by Crippen LogP contribution is -2.53. The molecular formula is C30H30FNO7S. The number of carbonyl (C=O) groups is 2. The molecule has 0 aliphatic heterocycles. The lowest BCUT2D eigenvalue weighted by Gasteiger charge is -2.37. The third-order valence-electron chi connectivity index (χ3n) is 6.51. The van der Waals surface area contributed by atoms with Crippen LogP contribution in [0.25, 0.3) is 0 Å². The highest BCUT2D eigenvalue weighted by molar-refractivity contribution is 7.89. The standard InChI is InChI=1S/C30H30FNO7S/c1-2-37-28(33)18-21-32(30(19-6-7-20-30)29(34)38-22-23-8-4-3-5-9-23)40(35,36)27-16-14-26(15-17-27)39-25-12-10-24(31)11-13-25/h3-5,8-18,21H,2,6-7,19-20,22H2,1H3/b21-18+. The molecule has 1 saturated carbocycles. The molecular weight excluding hydrogens is 537 g/mol. The minimum absolute atomic E-state index is 0.0215. The van der Waals surface area contributed by atoms with Gasteiger partial charge in [0.05, 0.1) is 11.5 Å². The molecule has 0 spiro atoms. The molecule has 1 fully saturated rings. The second kappa shape index (κ2) is 12.8. The van der Waals surface area contributed by atoms with Crippen LogP contribution >= 0.6 is 0 Å². The highest BCUT2D eigenvalue weighted by Gasteiger charge is 2.51. The van der Waals surface area contributed by atoms with Gasteiger partial charge in [-0.05, 0) is 73.9 Å². The van der Waals surface area contributed by atoms with Gasteiger partial charge in [-0.1, -0.05) is 43.2 Å². The first-order valence-corrected chi connectivity index (χ1v) is 14.3. The number of carbonyl (C=O) groups excluding carboxylic acids is 2. The Kier molecular flexibility index (Phi) is 9.21. The topological polar surface area (TPSA) is 99.2 Å². The quantitative estimate of drug-likeness (QED) is 0.215. The van der Waals surface area contributed by atoms with Crippen LogP contribution in [0.2, 0.25) is 0 Å². The van der Waals surface area contributed by atoms with Crippen molar-refractivity contribution in [3.8, 4) is 11.5 Å². The van der Waals surface area contributed by atoms with Gasteiger partial charge in [-0.15, -0.1) is 0 Å². The maximum atomic E-state index is 14.0. The zero-order chi connectivity index (χ0) is 28.6. The van der Waals surface area contributed by atoms with Gasteiger partial charge in [0.15, 0.2) is 5.54 Å². The van der Waals surface area contributed by atoms with Crippen molar-refractivity contribution < 1.29 is 36.6 Å². The number of ether oxygens (including phenoxy) is 3. The maximum absolute atomic E-state index is 14.0. The zero-order valence-corrected chi connectivity index (χ0v) is 22.8. The predicted octanol–water partition coefficient (Wildman–Crippen LogP) is 5.74. The van der Waals surface area contributed by atoms with E-state index in [0.29, 0.717) is 24.3 Å². The SMILES string of the molecule is CCOC(=O)/C=C/N(C1(C(=O)OCc2ccccc2)CCCC1)S(=O)(=O)c1ccc(Oc2ccc(F)cc2)cc1. The summed E-state index contributed by atoms with van der Waals surface area (Å²) < 4.78 is 58.4. The van der Waals surface area contributed by atoms with E-state index in [4.69, 9.17) is 14.2 Å². The first kappa shape index (κ1) is 28.8. The predicted molar refractivity (Wildman–Crippen MR) is 145 cm³/mol. The molecule has 0 bridgehead atoms. The lowest BCUT2D eigenvalue weighted by atomic mass is 9.98. The molecule has 10 heteroatoms. The third-order valence-corrected chi connectivity index (χ3v) is 8.36. The molecule has 0 unspecified atom stereocenters. The summed E-state index contributed by atoms with van der Waals surface area (Å²) in [5.41, 5.74) is -0.780. The average molecular weight is 568 g/mol. The van der Waals surface area contributed by atoms with Crippen LogP contribution < -0.4 is 4.74 Å². The van der Waals surface area contributed by atoms with Crippen molar-refractivity contribution in [2.24, 2.45) is 0 Å². The summed E-state index contributed by atoms with van der Waals surface area (Å²) in [5.74, 6) is -1.13. The summed E-state index contributed by atoms with van der Waals surface area (Å²) >= 11 is 0. The molecule has 0 radical (unpaired) electrons. The molecule has 1 aliphatic carbocycles. The average Bonchev–Trinajstić information content (AvgIpc) is 3.45. The molecule has 40 heavy (non-hydrogen) atoms. The monoisotopic (exact) mass is 567 g/mol. The summed E-state index contributed by atoms with van der Waals surface area (Å²) in [6.45, 7) is 1.72. The van der Waals surface area contributed by atoms with E-state index in [1.165, 1.54) is 48.5 Å². The number of sulfonamides is 1. The van der Waals surface area contributed by atoms with E-state index in [1.54, 1.807) is 19.1 Å². The van der Waals surface area contributed by atoms with Gasteiger partial charge < -0.3 is 14.2 Å². The van der Waals surface area contributed by atoms with Gasteiger partial charge in [-0.25, -0.2) is 22.4 Å². The molecule has 8 nitrogen and oxygen atoms in total. The second-order valence-electron chi connectivity index (χ2n) is 9.20. The number of esters is 2. The molecule has 0 amide bonds. The molecule has 0 heterocycles. The van der Waals surface area contributed by atoms with Gasteiger partial charge in [-0.2, -0.15) is 0 Å². The Morgan fingerprint density at radius 3 is 2.10 bits per heavy atom. The molecule has 210 valence electrons. The molecule has 0 atom stereocenters. The normalized spacial score (nSPS) is 14.6. The maximum Gasteiger partial charge on any atom is 0.333 e. The van der Waals surface area contributed by atoms with Gasteiger partial charge in [-0.3, -0.25) is 4.31 Å². The van der Waals surface area contributed by atoms with Crippen LogP contribution in [0.1, 0.15) is 38.2 Å². The molecule has 0 saturated heterocycles. The van der Waals surface area contributed by atoms with Crippen LogP contribution in [0.15, 0.2) is 96.0 Å². The Hall–Kier alpha value is -4.18. The molecule has 4 rings (SSSR count). The molecule has 0 aromatic heterocycles. The van der Waals surface area contributed by atoms with E-state index in [2.05, 4.69) is 0 Å². The second-order valence-corrected chi connectivity index (χ2v) is 11.0. The van der Waals surface area contributed by atoms with E-state index in [9.17, 15) is 22.4 Å². The van der Waals surface area contributed by atoms with Crippen molar-refractivity contribution in [2.75, 3.05) is 6.61 Å². The van der Waals surface area contributed by atoms with Crippen LogP contribution in [0.3, 0.4) is 0 Å². The summed E-state index contributed by atoms with van der Waals surface area (Å²) in [6, 6.07) is 20.1. The van der Waals surface area contributed by atoms with Crippen molar-refractivity contribution in [1.82, 2.24) is 4.31 Å². The number of halogens is 1. The molecule has 0 N–H and O–H groups in total. The van der Waals surface area contributed by atoms with E-state index in [-0.39, 0.29) is 31.0 Å². The van der Waals surface area contributed by atoms with E-state index in [0.717, 1.165) is 22.1 Å². The number of benzene rings is 3. The number of hydrogen-bond donors (Lipinski definition) is 0. The van der Waals surface area contributed by atoms with E-state index >= 15 is 0 Å². The summed E-state index contributed by atoms with van der Waals surface area (Å²) in [6.07, 6.45) is 3.73. The van der Waals surface area contributed by atoms with Crippen molar-refractivity contribution in [1.29, 1.82) is 0 Å². The van der Waals surface area contributed by atoms with E-state index in [1.807, 2.05) is 18.2 Å². The number of rotatable bonds is 11. The summed E-state index contributed by atoms with van der Waals surface area (Å²) in [4.78, 5) is 25.6. The first-order valence-electron chi connectivity index (χ1n) is 12.9. The van der Waals surface area contributed by atoms with Gasteiger partial charge in [0.1, 0.15) is 23.9 Å². The van der Waals surface area contributed by atoms with Gasteiger partial charge >= 0.3 is 11.9 Å². The van der Waals surface area contributed by atoms with Crippen LogP contribution in [-0.4, -0.2) is 36.8 Å². The molecule has 3 aromatic rings. The Labute approximate surface area is 233 Å². The highest BCUT2D eigenvalue weighted by Crippen LogP contribution is 2.40. The van der Waals surface area contributed by atoms with Crippen molar-refractivity contribution >= 4 is 22.0 Å². The smallest absolute Gasteiger partial charge is 0.333 e. The minimum atomic E-state index is -4.34. The largest absolute Gasteiger partial charge is 0.463 e. The molecule has 1 aliphatic rings. The van der Waals surface area contributed by atoms with Gasteiger partial charge in [0.2, 0.25) is 0 Å². The fourth-order valence-electron chi connectivity index (χ4n) is 4.54. The fourth-order valence-corrected chi connectivity index (χ4v) is 6.18. The van der Waals surface area contributed by atoms with Gasteiger partial charge in [0, 0.05) is 12.3 Å². The Balaban J connectivity index is 1.65. The summed E-state index contributed by atoms with van der Waals surface area (Å²) in [7, 11) is -4.34. The number of hydrogen-bond acceptors (Lipinski definition) is 7. The van der Waals surface area contributed by atoms with Gasteiger partial charge in [0.25, 0.3) is 10.0 Å². The lowest BCUT2D eigenvalue weighted by molar-refractivity contribution is -0.155. The fraction of sp³-hybridized carbons (Fsp3) is 0.267. The van der Waals surface area contributed by atoms with E-state index < -0.39 is 33.3 Å². The first-order chi connectivity index (χ1) is 19.2. The van der Waals surface area contributed by atoms with Crippen LogP contribution in [-0.2, 0) is 35.7 Å². The Morgan fingerprint density at radius 2 is 1.50 bits per heavy atom. The zero-order valence-electron chi connectivity index (χ0n) is 22.0. The Bertz CT molecular complexity index is 1430. The van der Waals surface area contributed by atoms with Crippen LogP contribution in [0.4, 0.5) is 4.39 Å². The van der Waals surface area contributed by atoms with Crippen LogP contribution in [0, 0.1) is 5.82 Å². The Morgan fingerprint density at radius 1 is 0.900 bits per heavy atom. The van der Waals surface area contributed by atoms with Crippen molar-refractivity contribution in [3.63, 3.8) is 0 Å². The third kappa shape index (κ3) is 6.69. The molecule has 3 aromatic carbocycles. The van der Waals surface area contributed by atoms with Crippen molar-refractivity contribution in [3.05, 3.63) is 103 Å².